The third-order valence-corrected chi connectivity index (χ3v) is 4.77. The summed E-state index contributed by atoms with van der Waals surface area (Å²) in [5.41, 5.74) is 4.48. The first-order chi connectivity index (χ1) is 11.5. The van der Waals surface area contributed by atoms with Crippen molar-refractivity contribution in [3.63, 3.8) is 0 Å². The number of halogens is 1. The van der Waals surface area contributed by atoms with Crippen LogP contribution >= 0.6 is 0 Å². The lowest BCUT2D eigenvalue weighted by atomic mass is 10.0. The molecule has 0 saturated carbocycles. The minimum Gasteiger partial charge on any atom is -0.480 e. The van der Waals surface area contributed by atoms with E-state index in [1.54, 1.807) is 12.4 Å². The lowest BCUT2D eigenvalue weighted by Crippen LogP contribution is -2.45. The molecule has 4 rings (SSSR count). The van der Waals surface area contributed by atoms with Gasteiger partial charge in [0.1, 0.15) is 11.9 Å². The summed E-state index contributed by atoms with van der Waals surface area (Å²) >= 11 is 0. The highest BCUT2D eigenvalue weighted by Gasteiger charge is 2.33. The molecule has 1 aromatic carbocycles. The van der Waals surface area contributed by atoms with E-state index in [2.05, 4.69) is 15.0 Å². The number of hydrogen-bond acceptors (Lipinski definition) is 3. The maximum Gasteiger partial charge on any atom is 0.321 e. The predicted octanol–water partition coefficient (Wildman–Crippen LogP) is 2.35. The van der Waals surface area contributed by atoms with Gasteiger partial charge in [-0.2, -0.15) is 0 Å². The largest absolute Gasteiger partial charge is 0.480 e. The average molecular weight is 328 g/mol. The highest BCUT2D eigenvalue weighted by Crippen LogP contribution is 2.27. The second kappa shape index (κ2) is 5.45. The normalized spacial score (nSPS) is 18.0. The molecule has 0 aliphatic carbocycles. The summed E-state index contributed by atoms with van der Waals surface area (Å²) in [7, 11) is 0. The van der Waals surface area contributed by atoms with E-state index in [1.807, 2.05) is 11.8 Å². The smallest absolute Gasteiger partial charge is 0.321 e. The minimum absolute atomic E-state index is 0.278. The summed E-state index contributed by atoms with van der Waals surface area (Å²) in [6, 6.07) is 4.00. The van der Waals surface area contributed by atoms with Gasteiger partial charge in [0.15, 0.2) is 0 Å². The van der Waals surface area contributed by atoms with Gasteiger partial charge in [-0.3, -0.25) is 9.69 Å². The Balaban J connectivity index is 1.69. The number of aromatic amines is 2. The number of nitrogens with one attached hydrogen (secondary N) is 2. The van der Waals surface area contributed by atoms with Crippen molar-refractivity contribution in [3.8, 4) is 0 Å². The fourth-order valence-corrected chi connectivity index (χ4v) is 3.41. The van der Waals surface area contributed by atoms with Crippen LogP contribution in [0, 0.1) is 12.7 Å². The average Bonchev–Trinajstić information content (AvgIpc) is 3.12. The quantitative estimate of drug-likeness (QED) is 0.689. The summed E-state index contributed by atoms with van der Waals surface area (Å²) in [5.74, 6) is -1.14. The van der Waals surface area contributed by atoms with E-state index in [1.165, 1.54) is 12.1 Å². The van der Waals surface area contributed by atoms with Gasteiger partial charge in [-0.1, -0.05) is 0 Å². The van der Waals surface area contributed by atoms with Crippen LogP contribution in [-0.2, 0) is 24.3 Å². The molecule has 0 unspecified atom stereocenters. The second-order valence-electron chi connectivity index (χ2n) is 6.21. The van der Waals surface area contributed by atoms with Crippen molar-refractivity contribution in [2.24, 2.45) is 0 Å². The number of nitrogens with zero attached hydrogens (tertiary/aromatic N) is 2. The number of aromatic nitrogens is 3. The highest BCUT2D eigenvalue weighted by molar-refractivity contribution is 5.84. The van der Waals surface area contributed by atoms with E-state index in [9.17, 15) is 14.3 Å². The van der Waals surface area contributed by atoms with Crippen molar-refractivity contribution in [2.75, 3.05) is 0 Å². The fourth-order valence-electron chi connectivity index (χ4n) is 3.41. The molecule has 3 aromatic rings. The monoisotopic (exact) mass is 328 g/mol. The maximum absolute atomic E-state index is 13.5. The predicted molar refractivity (Wildman–Crippen MR) is 86.0 cm³/mol. The molecule has 1 atom stereocenters. The Morgan fingerprint density at radius 3 is 3.12 bits per heavy atom. The molecular formula is C17H17FN4O2. The van der Waals surface area contributed by atoms with E-state index in [-0.39, 0.29) is 5.82 Å². The molecule has 0 spiro atoms. The standard InChI is InChI=1S/C17H17FN4O2/c1-9-11-4-10(18)2-3-12(11)21-14(9)6-22-7-15-13(19-8-20-15)5-16(22)17(23)24/h2-4,8,16,21H,5-7H2,1H3,(H,19,20)(H,23,24)/t16-/m1/s1. The molecular weight excluding hydrogens is 311 g/mol. The molecule has 2 aromatic heterocycles. The van der Waals surface area contributed by atoms with Gasteiger partial charge in [0.05, 0.1) is 17.7 Å². The van der Waals surface area contributed by atoms with Crippen LogP contribution in [0.25, 0.3) is 10.9 Å². The second-order valence-corrected chi connectivity index (χ2v) is 6.21. The Morgan fingerprint density at radius 1 is 1.50 bits per heavy atom. The molecule has 0 radical (unpaired) electrons. The van der Waals surface area contributed by atoms with Crippen molar-refractivity contribution in [1.82, 2.24) is 19.9 Å². The van der Waals surface area contributed by atoms with Crippen molar-refractivity contribution in [2.45, 2.75) is 32.5 Å². The first-order valence-electron chi connectivity index (χ1n) is 7.77. The van der Waals surface area contributed by atoms with Gasteiger partial charge in [-0.15, -0.1) is 0 Å². The number of carbonyl (C=O) groups is 1. The van der Waals surface area contributed by atoms with Gasteiger partial charge in [0.2, 0.25) is 0 Å². The Labute approximate surface area is 137 Å². The number of carboxylic acids is 1. The van der Waals surface area contributed by atoms with Gasteiger partial charge < -0.3 is 15.1 Å². The van der Waals surface area contributed by atoms with Gasteiger partial charge >= 0.3 is 5.97 Å². The zero-order valence-electron chi connectivity index (χ0n) is 13.1. The zero-order valence-corrected chi connectivity index (χ0v) is 13.1. The maximum atomic E-state index is 13.5. The van der Waals surface area contributed by atoms with Crippen LogP contribution in [0.2, 0.25) is 0 Å². The van der Waals surface area contributed by atoms with E-state index in [0.717, 1.165) is 33.5 Å². The Morgan fingerprint density at radius 2 is 2.33 bits per heavy atom. The van der Waals surface area contributed by atoms with Crippen molar-refractivity contribution < 1.29 is 14.3 Å². The fraction of sp³-hybridized carbons (Fsp3) is 0.294. The molecule has 6 nitrogen and oxygen atoms in total. The van der Waals surface area contributed by atoms with E-state index >= 15 is 0 Å². The van der Waals surface area contributed by atoms with Gasteiger partial charge in [0, 0.05) is 36.1 Å². The molecule has 0 saturated heterocycles. The molecule has 0 bridgehead atoms. The molecule has 0 fully saturated rings. The molecule has 124 valence electrons. The number of carboxylic acid groups (broad SMARTS) is 1. The van der Waals surface area contributed by atoms with Crippen molar-refractivity contribution in [1.29, 1.82) is 0 Å². The Kier molecular flexibility index (Phi) is 3.38. The molecule has 1 aliphatic rings. The van der Waals surface area contributed by atoms with Crippen LogP contribution in [0.5, 0.6) is 0 Å². The van der Waals surface area contributed by atoms with Crippen LogP contribution in [0.15, 0.2) is 24.5 Å². The molecule has 1 aliphatic heterocycles. The lowest BCUT2D eigenvalue weighted by Gasteiger charge is -2.32. The molecule has 3 heterocycles. The summed E-state index contributed by atoms with van der Waals surface area (Å²) < 4.78 is 13.5. The molecule has 7 heteroatoms. The Hall–Kier alpha value is -2.67. The van der Waals surface area contributed by atoms with Gasteiger partial charge in [-0.05, 0) is 30.7 Å². The van der Waals surface area contributed by atoms with E-state index in [0.29, 0.717) is 19.5 Å². The van der Waals surface area contributed by atoms with E-state index in [4.69, 9.17) is 0 Å². The third-order valence-electron chi connectivity index (χ3n) is 4.77. The number of aliphatic carboxylic acids is 1. The summed E-state index contributed by atoms with van der Waals surface area (Å²) in [4.78, 5) is 24.1. The lowest BCUT2D eigenvalue weighted by molar-refractivity contribution is -0.144. The number of aryl methyl sites for hydroxylation is 1. The molecule has 0 amide bonds. The minimum atomic E-state index is -0.858. The molecule has 3 N–H and O–H groups in total. The first kappa shape index (κ1) is 14.9. The Bertz CT molecular complexity index is 930. The third kappa shape index (κ3) is 2.37. The number of rotatable bonds is 3. The summed E-state index contributed by atoms with van der Waals surface area (Å²) in [5, 5.41) is 10.4. The van der Waals surface area contributed by atoms with Gasteiger partial charge in [0.25, 0.3) is 0 Å². The number of benzene rings is 1. The van der Waals surface area contributed by atoms with Crippen LogP contribution in [0.3, 0.4) is 0 Å². The number of hydrogen-bond donors (Lipinski definition) is 3. The van der Waals surface area contributed by atoms with Crippen LogP contribution < -0.4 is 0 Å². The summed E-state index contributed by atoms with van der Waals surface area (Å²) in [6.45, 7) is 2.88. The first-order valence-corrected chi connectivity index (χ1v) is 7.77. The van der Waals surface area contributed by atoms with Crippen molar-refractivity contribution >= 4 is 16.9 Å². The van der Waals surface area contributed by atoms with Crippen LogP contribution in [0.1, 0.15) is 22.6 Å². The number of imidazole rings is 1. The zero-order chi connectivity index (χ0) is 16.8. The SMILES string of the molecule is Cc1c(CN2Cc3[nH]cnc3C[C@@H]2C(=O)O)[nH]c2ccc(F)cc12. The van der Waals surface area contributed by atoms with Crippen LogP contribution in [0.4, 0.5) is 4.39 Å². The molecule has 24 heavy (non-hydrogen) atoms. The number of fused-ring (bicyclic) bond motifs is 2. The number of H-pyrrole nitrogens is 2. The summed E-state index contributed by atoms with van der Waals surface area (Å²) in [6.07, 6.45) is 1.98. The van der Waals surface area contributed by atoms with Gasteiger partial charge in [-0.25, -0.2) is 9.37 Å². The van der Waals surface area contributed by atoms with E-state index < -0.39 is 12.0 Å². The van der Waals surface area contributed by atoms with Crippen LogP contribution in [-0.4, -0.2) is 37.0 Å². The van der Waals surface area contributed by atoms with Crippen molar-refractivity contribution in [3.05, 3.63) is 53.0 Å². The highest BCUT2D eigenvalue weighted by atomic mass is 19.1. The topological polar surface area (TPSA) is 85.0 Å².